The molecule has 5 nitrogen and oxygen atoms in total. The molecule has 0 spiro atoms. The summed E-state index contributed by atoms with van der Waals surface area (Å²) in [7, 11) is 0. The van der Waals surface area contributed by atoms with E-state index in [4.69, 9.17) is 11.6 Å². The number of hydrogen-bond acceptors (Lipinski definition) is 4. The Morgan fingerprint density at radius 3 is 2.64 bits per heavy atom. The number of amides is 1. The number of nitrogens with zero attached hydrogens (tertiary/aromatic N) is 2. The minimum absolute atomic E-state index is 0.0787. The van der Waals surface area contributed by atoms with Crippen molar-refractivity contribution in [3.05, 3.63) is 17.3 Å². The third-order valence-corrected chi connectivity index (χ3v) is 7.15. The molecule has 0 aromatic carbocycles. The van der Waals surface area contributed by atoms with Crippen molar-refractivity contribution < 1.29 is 4.79 Å². The molecule has 0 atom stereocenters. The van der Waals surface area contributed by atoms with Gasteiger partial charge in [-0.3, -0.25) is 4.79 Å². The zero-order chi connectivity index (χ0) is 17.0. The molecule has 0 saturated heterocycles. The highest BCUT2D eigenvalue weighted by Crippen LogP contribution is 2.55. The van der Waals surface area contributed by atoms with Crippen molar-refractivity contribution in [2.45, 2.75) is 49.2 Å². The molecule has 4 bridgehead atoms. The minimum Gasteiger partial charge on any atom is -0.350 e. The van der Waals surface area contributed by atoms with Gasteiger partial charge in [0.05, 0.1) is 16.3 Å². The molecule has 2 aromatic rings. The third kappa shape index (κ3) is 3.04. The number of pyridine rings is 1. The molecule has 4 aliphatic rings. The smallest absolute Gasteiger partial charge is 0.230 e. The standard InChI is InChI=1S/C18H21ClN4OS/c19-13-4-14-16(20-8-13)22-17(21-14)25-9-15(24)23-18-5-10-1-11(6-18)3-12(2-10)7-18/h4,8,10-12H,1-3,5-7,9H2,(H,23,24)(H,20,21,22). The molecule has 0 radical (unpaired) electrons. The number of aromatic nitrogens is 3. The van der Waals surface area contributed by atoms with Crippen LogP contribution in [0.15, 0.2) is 17.4 Å². The summed E-state index contributed by atoms with van der Waals surface area (Å²) in [5.41, 5.74) is 1.51. The van der Waals surface area contributed by atoms with Crippen LogP contribution in [0.1, 0.15) is 38.5 Å². The average molecular weight is 377 g/mol. The lowest BCUT2D eigenvalue weighted by molar-refractivity contribution is -0.124. The lowest BCUT2D eigenvalue weighted by Gasteiger charge is -2.56. The van der Waals surface area contributed by atoms with Gasteiger partial charge in [-0.25, -0.2) is 9.97 Å². The third-order valence-electron chi connectivity index (χ3n) is 6.07. The molecule has 6 rings (SSSR count). The molecule has 2 aromatic heterocycles. The maximum atomic E-state index is 12.6. The number of hydrogen-bond donors (Lipinski definition) is 2. The number of imidazole rings is 1. The van der Waals surface area contributed by atoms with Crippen molar-refractivity contribution in [2.24, 2.45) is 17.8 Å². The second kappa shape index (κ2) is 5.88. The number of nitrogens with one attached hydrogen (secondary N) is 2. The van der Waals surface area contributed by atoms with Crippen LogP contribution in [0.25, 0.3) is 11.2 Å². The van der Waals surface area contributed by atoms with Gasteiger partial charge < -0.3 is 10.3 Å². The molecule has 132 valence electrons. The maximum absolute atomic E-state index is 12.6. The van der Waals surface area contributed by atoms with Gasteiger partial charge in [-0.1, -0.05) is 23.4 Å². The van der Waals surface area contributed by atoms with Gasteiger partial charge in [-0.2, -0.15) is 0 Å². The van der Waals surface area contributed by atoms with E-state index in [0.29, 0.717) is 21.6 Å². The van der Waals surface area contributed by atoms with Crippen LogP contribution < -0.4 is 5.32 Å². The Morgan fingerprint density at radius 2 is 1.96 bits per heavy atom. The van der Waals surface area contributed by atoms with E-state index >= 15 is 0 Å². The summed E-state index contributed by atoms with van der Waals surface area (Å²) in [5.74, 6) is 3.02. The first-order valence-electron chi connectivity index (χ1n) is 9.02. The molecule has 2 heterocycles. The molecular weight excluding hydrogens is 356 g/mol. The predicted molar refractivity (Wildman–Crippen MR) is 98.7 cm³/mol. The Hall–Kier alpha value is -1.27. The van der Waals surface area contributed by atoms with Crippen molar-refractivity contribution in [1.82, 2.24) is 20.3 Å². The zero-order valence-electron chi connectivity index (χ0n) is 13.9. The molecule has 0 unspecified atom stereocenters. The van der Waals surface area contributed by atoms with Crippen LogP contribution in [0, 0.1) is 17.8 Å². The number of carbonyl (C=O) groups excluding carboxylic acids is 1. The molecule has 4 fully saturated rings. The van der Waals surface area contributed by atoms with E-state index in [0.717, 1.165) is 23.3 Å². The van der Waals surface area contributed by atoms with Crippen LogP contribution in [-0.4, -0.2) is 32.2 Å². The van der Waals surface area contributed by atoms with Crippen LogP contribution in [0.2, 0.25) is 5.02 Å². The molecule has 4 aliphatic carbocycles. The number of rotatable bonds is 4. The first-order chi connectivity index (χ1) is 12.1. The number of halogens is 1. The van der Waals surface area contributed by atoms with Gasteiger partial charge in [0.25, 0.3) is 0 Å². The SMILES string of the molecule is O=C(CSc1nc2ncc(Cl)cc2[nH]1)NC12CC3CC(CC(C3)C1)C2. The van der Waals surface area contributed by atoms with Gasteiger partial charge in [0, 0.05) is 11.7 Å². The Kier molecular flexibility index (Phi) is 3.75. The van der Waals surface area contributed by atoms with Crippen LogP contribution in [0.3, 0.4) is 0 Å². The lowest BCUT2D eigenvalue weighted by atomic mass is 9.53. The van der Waals surface area contributed by atoms with E-state index in [2.05, 4.69) is 20.3 Å². The van der Waals surface area contributed by atoms with E-state index in [-0.39, 0.29) is 11.4 Å². The van der Waals surface area contributed by atoms with Gasteiger partial charge in [0.15, 0.2) is 10.8 Å². The Morgan fingerprint density at radius 1 is 1.28 bits per heavy atom. The first kappa shape index (κ1) is 15.9. The van der Waals surface area contributed by atoms with Gasteiger partial charge in [-0.15, -0.1) is 0 Å². The fourth-order valence-electron chi connectivity index (χ4n) is 5.65. The van der Waals surface area contributed by atoms with Gasteiger partial charge >= 0.3 is 0 Å². The van der Waals surface area contributed by atoms with Crippen molar-refractivity contribution in [1.29, 1.82) is 0 Å². The summed E-state index contributed by atoms with van der Waals surface area (Å²) in [6, 6.07) is 1.80. The van der Waals surface area contributed by atoms with E-state index in [9.17, 15) is 4.79 Å². The van der Waals surface area contributed by atoms with Crippen molar-refractivity contribution in [2.75, 3.05) is 5.75 Å². The van der Waals surface area contributed by atoms with Gasteiger partial charge in [0.2, 0.25) is 5.91 Å². The Balaban J connectivity index is 1.23. The van der Waals surface area contributed by atoms with Crippen molar-refractivity contribution in [3.63, 3.8) is 0 Å². The van der Waals surface area contributed by atoms with Crippen LogP contribution in [0.5, 0.6) is 0 Å². The Labute approximate surface area is 155 Å². The monoisotopic (exact) mass is 376 g/mol. The number of thioether (sulfide) groups is 1. The highest BCUT2D eigenvalue weighted by Gasteiger charge is 2.51. The molecule has 7 heteroatoms. The van der Waals surface area contributed by atoms with Gasteiger partial charge in [0.1, 0.15) is 0 Å². The summed E-state index contributed by atoms with van der Waals surface area (Å²) in [6.45, 7) is 0. The summed E-state index contributed by atoms with van der Waals surface area (Å²) >= 11 is 7.37. The van der Waals surface area contributed by atoms with E-state index < -0.39 is 0 Å². The van der Waals surface area contributed by atoms with Crippen molar-refractivity contribution >= 4 is 40.4 Å². The zero-order valence-corrected chi connectivity index (χ0v) is 15.5. The lowest BCUT2D eigenvalue weighted by Crippen LogP contribution is -2.60. The highest BCUT2D eigenvalue weighted by molar-refractivity contribution is 7.99. The molecular formula is C18H21ClN4OS. The van der Waals surface area contributed by atoms with Gasteiger partial charge in [-0.05, 0) is 62.3 Å². The largest absolute Gasteiger partial charge is 0.350 e. The maximum Gasteiger partial charge on any atom is 0.230 e. The fourth-order valence-corrected chi connectivity index (χ4v) is 6.48. The van der Waals surface area contributed by atoms with E-state index in [1.807, 2.05) is 0 Å². The molecule has 2 N–H and O–H groups in total. The number of fused-ring (bicyclic) bond motifs is 1. The quantitative estimate of drug-likeness (QED) is 0.796. The van der Waals surface area contributed by atoms with Crippen LogP contribution in [0.4, 0.5) is 0 Å². The Bertz CT molecular complexity index is 800. The highest BCUT2D eigenvalue weighted by atomic mass is 35.5. The van der Waals surface area contributed by atoms with E-state index in [1.54, 1.807) is 12.3 Å². The number of carbonyl (C=O) groups is 1. The normalized spacial score (nSPS) is 33.1. The summed E-state index contributed by atoms with van der Waals surface area (Å²) in [4.78, 5) is 24.3. The van der Waals surface area contributed by atoms with E-state index in [1.165, 1.54) is 50.3 Å². The second-order valence-corrected chi connectivity index (χ2v) is 9.50. The van der Waals surface area contributed by atoms with Crippen LogP contribution >= 0.6 is 23.4 Å². The number of aromatic amines is 1. The molecule has 0 aliphatic heterocycles. The summed E-state index contributed by atoms with van der Waals surface area (Å²) in [6.07, 6.45) is 9.29. The number of H-pyrrole nitrogens is 1. The minimum atomic E-state index is 0.0787. The average Bonchev–Trinajstić information content (AvgIpc) is 2.93. The predicted octanol–water partition coefficient (Wildman–Crippen LogP) is 3.79. The molecule has 25 heavy (non-hydrogen) atoms. The molecule has 1 amide bonds. The fraction of sp³-hybridized carbons (Fsp3) is 0.611. The molecule has 4 saturated carbocycles. The first-order valence-corrected chi connectivity index (χ1v) is 10.4. The van der Waals surface area contributed by atoms with Crippen molar-refractivity contribution in [3.8, 4) is 0 Å². The summed E-state index contributed by atoms with van der Waals surface area (Å²) < 4.78 is 0. The summed E-state index contributed by atoms with van der Waals surface area (Å²) in [5, 5.41) is 4.69. The second-order valence-electron chi connectivity index (χ2n) is 8.10. The van der Waals surface area contributed by atoms with Crippen LogP contribution in [-0.2, 0) is 4.79 Å². The topological polar surface area (TPSA) is 70.7 Å².